The lowest BCUT2D eigenvalue weighted by molar-refractivity contribution is 0.490. The maximum atomic E-state index is 9.21. The fourth-order valence-corrected chi connectivity index (χ4v) is 2.26. The van der Waals surface area contributed by atoms with Crippen molar-refractivity contribution in [2.75, 3.05) is 13.6 Å². The molecule has 0 aliphatic rings. The second-order valence-corrected chi connectivity index (χ2v) is 4.52. The highest BCUT2D eigenvalue weighted by molar-refractivity contribution is 5.94. The summed E-state index contributed by atoms with van der Waals surface area (Å²) in [5.74, 6) is 0. The van der Waals surface area contributed by atoms with E-state index in [-0.39, 0.29) is 5.57 Å². The zero-order valence-electron chi connectivity index (χ0n) is 11.6. The Balaban J connectivity index is 2.62. The lowest BCUT2D eigenvalue weighted by Crippen LogP contribution is -2.19. The van der Waals surface area contributed by atoms with Gasteiger partial charge >= 0.3 is 0 Å². The van der Waals surface area contributed by atoms with Crippen LogP contribution in [0.5, 0.6) is 0 Å². The Morgan fingerprint density at radius 3 is 2.57 bits per heavy atom. The predicted molar refractivity (Wildman–Crippen MR) is 79.3 cm³/mol. The van der Waals surface area contributed by atoms with Crippen molar-refractivity contribution in [1.82, 2.24) is 9.88 Å². The normalized spacial score (nSPS) is 9.43. The summed E-state index contributed by atoms with van der Waals surface area (Å²) in [4.78, 5) is 4.92. The SMILES string of the molecule is CN(CCC#N)C(=C(C#N)C#N)c1c[nH]c2ccccc12. The van der Waals surface area contributed by atoms with Gasteiger partial charge in [-0.25, -0.2) is 0 Å². The molecule has 1 heterocycles. The van der Waals surface area contributed by atoms with Gasteiger partial charge in [0.2, 0.25) is 0 Å². The third-order valence-electron chi connectivity index (χ3n) is 3.25. The largest absolute Gasteiger partial charge is 0.371 e. The number of para-hydroxylation sites is 1. The van der Waals surface area contributed by atoms with Crippen molar-refractivity contribution in [3.8, 4) is 18.2 Å². The molecule has 21 heavy (non-hydrogen) atoms. The molecule has 0 aliphatic carbocycles. The summed E-state index contributed by atoms with van der Waals surface area (Å²) in [6.07, 6.45) is 2.12. The molecule has 1 aromatic heterocycles. The van der Waals surface area contributed by atoms with Gasteiger partial charge in [0.05, 0.1) is 18.2 Å². The lowest BCUT2D eigenvalue weighted by atomic mass is 10.1. The van der Waals surface area contributed by atoms with Crippen molar-refractivity contribution in [1.29, 1.82) is 15.8 Å². The van der Waals surface area contributed by atoms with Crippen LogP contribution in [-0.4, -0.2) is 23.5 Å². The Morgan fingerprint density at radius 1 is 1.19 bits per heavy atom. The molecule has 5 heteroatoms. The summed E-state index contributed by atoms with van der Waals surface area (Å²) in [7, 11) is 1.78. The number of nitriles is 3. The van der Waals surface area contributed by atoms with E-state index in [9.17, 15) is 10.5 Å². The van der Waals surface area contributed by atoms with E-state index in [4.69, 9.17) is 5.26 Å². The van der Waals surface area contributed by atoms with Crippen molar-refractivity contribution >= 4 is 16.6 Å². The standard InChI is InChI=1S/C16H13N5/c1-21(8-4-7-17)16(12(9-18)10-19)14-11-20-15-6-3-2-5-13(14)15/h2-3,5-6,11,20H,4,8H2,1H3. The average Bonchev–Trinajstić information content (AvgIpc) is 2.93. The molecule has 1 N–H and O–H groups in total. The number of rotatable bonds is 4. The van der Waals surface area contributed by atoms with Crippen molar-refractivity contribution in [3.63, 3.8) is 0 Å². The number of nitrogens with one attached hydrogen (secondary N) is 1. The summed E-state index contributed by atoms with van der Waals surface area (Å²) in [6.45, 7) is 0.457. The molecular weight excluding hydrogens is 262 g/mol. The average molecular weight is 275 g/mol. The van der Waals surface area contributed by atoms with E-state index in [2.05, 4.69) is 11.1 Å². The lowest BCUT2D eigenvalue weighted by Gasteiger charge is -2.21. The number of hydrogen-bond donors (Lipinski definition) is 1. The smallest absolute Gasteiger partial charge is 0.153 e. The first-order chi connectivity index (χ1) is 10.2. The first-order valence-corrected chi connectivity index (χ1v) is 6.42. The van der Waals surface area contributed by atoms with Gasteiger partial charge in [0.1, 0.15) is 12.1 Å². The van der Waals surface area contributed by atoms with Gasteiger partial charge in [0.15, 0.2) is 5.57 Å². The molecule has 0 saturated heterocycles. The van der Waals surface area contributed by atoms with Crippen LogP contribution < -0.4 is 0 Å². The Bertz CT molecular complexity index is 792. The fraction of sp³-hybridized carbons (Fsp3) is 0.188. The van der Waals surface area contributed by atoms with Gasteiger partial charge in [-0.1, -0.05) is 18.2 Å². The zero-order chi connectivity index (χ0) is 15.2. The first kappa shape index (κ1) is 14.2. The van der Waals surface area contributed by atoms with Crippen LogP contribution in [0.2, 0.25) is 0 Å². The quantitative estimate of drug-likeness (QED) is 0.868. The monoisotopic (exact) mass is 275 g/mol. The van der Waals surface area contributed by atoms with Gasteiger partial charge < -0.3 is 9.88 Å². The zero-order valence-corrected chi connectivity index (χ0v) is 11.6. The van der Waals surface area contributed by atoms with Crippen molar-refractivity contribution in [2.45, 2.75) is 6.42 Å². The van der Waals surface area contributed by atoms with Crippen LogP contribution in [0.1, 0.15) is 12.0 Å². The van der Waals surface area contributed by atoms with E-state index in [0.29, 0.717) is 18.7 Å². The van der Waals surface area contributed by atoms with E-state index < -0.39 is 0 Å². The van der Waals surface area contributed by atoms with E-state index in [1.807, 2.05) is 36.4 Å². The molecule has 5 nitrogen and oxygen atoms in total. The number of H-pyrrole nitrogens is 1. The molecular formula is C16H13N5. The van der Waals surface area contributed by atoms with Gasteiger partial charge in [-0.2, -0.15) is 15.8 Å². The van der Waals surface area contributed by atoms with Crippen molar-refractivity contribution in [3.05, 3.63) is 41.6 Å². The molecule has 0 amide bonds. The first-order valence-electron chi connectivity index (χ1n) is 6.42. The molecule has 0 spiro atoms. The van der Waals surface area contributed by atoms with Gasteiger partial charge in [-0.3, -0.25) is 0 Å². The summed E-state index contributed by atoms with van der Waals surface area (Å²) in [5.41, 5.74) is 2.32. The fourth-order valence-electron chi connectivity index (χ4n) is 2.26. The second kappa shape index (κ2) is 6.28. The second-order valence-electron chi connectivity index (χ2n) is 4.52. The maximum Gasteiger partial charge on any atom is 0.153 e. The van der Waals surface area contributed by atoms with Crippen LogP contribution in [0, 0.1) is 34.0 Å². The molecule has 0 aliphatic heterocycles. The minimum absolute atomic E-state index is 0.0418. The number of allylic oxidation sites excluding steroid dienone is 1. The minimum Gasteiger partial charge on any atom is -0.371 e. The van der Waals surface area contributed by atoms with Crippen LogP contribution in [0.3, 0.4) is 0 Å². The van der Waals surface area contributed by atoms with E-state index >= 15 is 0 Å². The third kappa shape index (κ3) is 2.71. The van der Waals surface area contributed by atoms with Gasteiger partial charge in [-0.15, -0.1) is 0 Å². The van der Waals surface area contributed by atoms with Gasteiger partial charge in [0.25, 0.3) is 0 Å². The highest BCUT2D eigenvalue weighted by atomic mass is 15.1. The third-order valence-corrected chi connectivity index (χ3v) is 3.25. The summed E-state index contributed by atoms with van der Waals surface area (Å²) in [6, 6.07) is 13.7. The Kier molecular flexibility index (Phi) is 4.24. The van der Waals surface area contributed by atoms with Crippen LogP contribution in [0.4, 0.5) is 0 Å². The number of nitrogens with zero attached hydrogens (tertiary/aromatic N) is 4. The molecule has 2 aromatic rings. The molecule has 0 radical (unpaired) electrons. The minimum atomic E-state index is 0.0418. The Hall–Kier alpha value is -3.23. The molecule has 1 aromatic carbocycles. The highest BCUT2D eigenvalue weighted by Crippen LogP contribution is 2.29. The van der Waals surface area contributed by atoms with Gasteiger partial charge in [0, 0.05) is 36.3 Å². The van der Waals surface area contributed by atoms with Crippen LogP contribution in [-0.2, 0) is 0 Å². The van der Waals surface area contributed by atoms with E-state index in [1.165, 1.54) is 0 Å². The van der Waals surface area contributed by atoms with Gasteiger partial charge in [-0.05, 0) is 6.07 Å². The summed E-state index contributed by atoms with van der Waals surface area (Å²) < 4.78 is 0. The van der Waals surface area contributed by atoms with Crippen LogP contribution in [0.15, 0.2) is 36.0 Å². The van der Waals surface area contributed by atoms with Crippen molar-refractivity contribution in [2.24, 2.45) is 0 Å². The summed E-state index contributed by atoms with van der Waals surface area (Å²) >= 11 is 0. The van der Waals surface area contributed by atoms with E-state index in [1.54, 1.807) is 18.1 Å². The molecule has 0 unspecified atom stereocenters. The molecule has 102 valence electrons. The molecule has 0 saturated carbocycles. The van der Waals surface area contributed by atoms with Crippen LogP contribution in [0.25, 0.3) is 16.6 Å². The summed E-state index contributed by atoms with van der Waals surface area (Å²) in [5, 5.41) is 28.1. The van der Waals surface area contributed by atoms with Crippen molar-refractivity contribution < 1.29 is 0 Å². The molecule has 2 rings (SSSR count). The molecule has 0 fully saturated rings. The number of benzene rings is 1. The number of fused-ring (bicyclic) bond motifs is 1. The number of aromatic nitrogens is 1. The molecule has 0 atom stereocenters. The molecule has 0 bridgehead atoms. The highest BCUT2D eigenvalue weighted by Gasteiger charge is 2.17. The Labute approximate surface area is 122 Å². The maximum absolute atomic E-state index is 9.21. The number of aromatic amines is 1. The van der Waals surface area contributed by atoms with E-state index in [0.717, 1.165) is 16.5 Å². The van der Waals surface area contributed by atoms with Crippen LogP contribution >= 0.6 is 0 Å². The Morgan fingerprint density at radius 2 is 1.90 bits per heavy atom. The predicted octanol–water partition coefficient (Wildman–Crippen LogP) is 2.77. The number of hydrogen-bond acceptors (Lipinski definition) is 4. The topological polar surface area (TPSA) is 90.4 Å².